The summed E-state index contributed by atoms with van der Waals surface area (Å²) >= 11 is 5.08. The van der Waals surface area contributed by atoms with Crippen LogP contribution in [-0.4, -0.2) is 23.1 Å². The van der Waals surface area contributed by atoms with Gasteiger partial charge in [-0.3, -0.25) is 9.59 Å². The SMILES string of the molecule is O=C(C1CC1)[C@H](Cl)C(=O)C(F)(F)F. The predicted octanol–water partition coefficient (Wildman–Crippen LogP) is 1.70. The quantitative estimate of drug-likeness (QED) is 0.529. The van der Waals surface area contributed by atoms with E-state index in [4.69, 9.17) is 11.6 Å². The molecule has 1 atom stereocenters. The first-order valence-electron chi connectivity index (χ1n) is 3.63. The zero-order valence-corrected chi connectivity index (χ0v) is 7.15. The fourth-order valence-electron chi connectivity index (χ4n) is 0.848. The van der Waals surface area contributed by atoms with Gasteiger partial charge in [-0.2, -0.15) is 13.2 Å². The summed E-state index contributed by atoms with van der Waals surface area (Å²) < 4.78 is 35.3. The van der Waals surface area contributed by atoms with Crippen molar-refractivity contribution in [2.75, 3.05) is 0 Å². The number of halogens is 4. The molecule has 1 rings (SSSR count). The van der Waals surface area contributed by atoms with Gasteiger partial charge < -0.3 is 0 Å². The number of carbonyl (C=O) groups excluding carboxylic acids is 2. The topological polar surface area (TPSA) is 34.1 Å². The molecule has 0 amide bonds. The molecular formula is C7H6ClF3O2. The van der Waals surface area contributed by atoms with Gasteiger partial charge in [0.15, 0.2) is 11.2 Å². The van der Waals surface area contributed by atoms with Crippen LogP contribution in [-0.2, 0) is 9.59 Å². The number of Topliss-reactive ketones (excluding diaryl/α,β-unsaturated/α-hetero) is 2. The molecule has 1 saturated carbocycles. The Hall–Kier alpha value is -0.580. The second kappa shape index (κ2) is 3.29. The molecule has 0 aromatic rings. The number of hydrogen-bond acceptors (Lipinski definition) is 2. The zero-order chi connectivity index (χ0) is 10.2. The van der Waals surface area contributed by atoms with E-state index in [0.717, 1.165) is 0 Å². The fraction of sp³-hybridized carbons (Fsp3) is 0.714. The van der Waals surface area contributed by atoms with E-state index in [-0.39, 0.29) is 0 Å². The summed E-state index contributed by atoms with van der Waals surface area (Å²) in [5.41, 5.74) is 0. The summed E-state index contributed by atoms with van der Waals surface area (Å²) in [6, 6.07) is 0. The first kappa shape index (κ1) is 10.5. The molecule has 1 fully saturated rings. The van der Waals surface area contributed by atoms with Gasteiger partial charge in [-0.05, 0) is 12.8 Å². The van der Waals surface area contributed by atoms with Crippen LogP contribution < -0.4 is 0 Å². The second-order valence-electron chi connectivity index (χ2n) is 2.90. The largest absolute Gasteiger partial charge is 0.452 e. The lowest BCUT2D eigenvalue weighted by atomic mass is 10.1. The molecule has 0 saturated heterocycles. The third kappa shape index (κ3) is 2.43. The van der Waals surface area contributed by atoms with E-state index >= 15 is 0 Å². The van der Waals surface area contributed by atoms with Crippen LogP contribution in [0.1, 0.15) is 12.8 Å². The molecule has 1 aliphatic rings. The van der Waals surface area contributed by atoms with E-state index in [1.165, 1.54) is 0 Å². The molecule has 0 heterocycles. The highest BCUT2D eigenvalue weighted by atomic mass is 35.5. The van der Waals surface area contributed by atoms with Crippen LogP contribution >= 0.6 is 11.6 Å². The molecule has 0 aromatic heterocycles. The van der Waals surface area contributed by atoms with Gasteiger partial charge in [0.05, 0.1) is 0 Å². The highest BCUT2D eigenvalue weighted by molar-refractivity contribution is 6.43. The Balaban J connectivity index is 2.61. The Morgan fingerprint density at radius 3 is 2.08 bits per heavy atom. The van der Waals surface area contributed by atoms with Crippen molar-refractivity contribution in [2.24, 2.45) is 5.92 Å². The first-order chi connectivity index (χ1) is 5.84. The Morgan fingerprint density at radius 2 is 1.77 bits per heavy atom. The molecule has 0 bridgehead atoms. The number of alkyl halides is 4. The van der Waals surface area contributed by atoms with Gasteiger partial charge >= 0.3 is 6.18 Å². The molecule has 74 valence electrons. The molecule has 2 nitrogen and oxygen atoms in total. The van der Waals surface area contributed by atoms with Crippen LogP contribution in [0, 0.1) is 5.92 Å². The van der Waals surface area contributed by atoms with E-state index in [1.54, 1.807) is 0 Å². The van der Waals surface area contributed by atoms with Crippen LogP contribution in [0.5, 0.6) is 0 Å². The van der Waals surface area contributed by atoms with Gasteiger partial charge in [0.2, 0.25) is 0 Å². The molecule has 1 aliphatic carbocycles. The van der Waals surface area contributed by atoms with Gasteiger partial charge in [-0.1, -0.05) is 0 Å². The van der Waals surface area contributed by atoms with Crippen molar-refractivity contribution >= 4 is 23.2 Å². The van der Waals surface area contributed by atoms with Crippen molar-refractivity contribution in [2.45, 2.75) is 24.4 Å². The number of carbonyl (C=O) groups is 2. The third-order valence-corrected chi connectivity index (χ3v) is 2.15. The van der Waals surface area contributed by atoms with E-state index < -0.39 is 29.0 Å². The average Bonchev–Trinajstić information content (AvgIpc) is 2.81. The normalized spacial score (nSPS) is 19.7. The lowest BCUT2D eigenvalue weighted by molar-refractivity contribution is -0.171. The minimum atomic E-state index is -5.02. The number of ketones is 2. The van der Waals surface area contributed by atoms with Crippen molar-refractivity contribution in [3.8, 4) is 0 Å². The summed E-state index contributed by atoms with van der Waals surface area (Å²) in [5.74, 6) is -3.40. The third-order valence-electron chi connectivity index (χ3n) is 1.74. The minimum absolute atomic E-state index is 0.436. The zero-order valence-electron chi connectivity index (χ0n) is 6.40. The highest BCUT2D eigenvalue weighted by Gasteiger charge is 2.48. The van der Waals surface area contributed by atoms with Crippen molar-refractivity contribution in [3.63, 3.8) is 0 Å². The van der Waals surface area contributed by atoms with Gasteiger partial charge in [0.25, 0.3) is 5.78 Å². The monoisotopic (exact) mass is 214 g/mol. The molecule has 0 N–H and O–H groups in total. The van der Waals surface area contributed by atoms with Crippen molar-refractivity contribution in [3.05, 3.63) is 0 Å². The molecular weight excluding hydrogens is 209 g/mol. The van der Waals surface area contributed by atoms with Crippen LogP contribution in [0.25, 0.3) is 0 Å². The van der Waals surface area contributed by atoms with Gasteiger partial charge in [-0.25, -0.2) is 0 Å². The summed E-state index contributed by atoms with van der Waals surface area (Å²) in [7, 11) is 0. The Morgan fingerprint density at radius 1 is 1.31 bits per heavy atom. The smallest absolute Gasteiger partial charge is 0.297 e. The number of rotatable bonds is 3. The fourth-order valence-corrected chi connectivity index (χ4v) is 1.15. The molecule has 13 heavy (non-hydrogen) atoms. The summed E-state index contributed by atoms with van der Waals surface area (Å²) in [6.45, 7) is 0. The van der Waals surface area contributed by atoms with Gasteiger partial charge in [0.1, 0.15) is 0 Å². The Bertz CT molecular complexity index is 245. The maximum atomic E-state index is 11.8. The van der Waals surface area contributed by atoms with E-state index in [2.05, 4.69) is 0 Å². The maximum absolute atomic E-state index is 11.8. The lowest BCUT2D eigenvalue weighted by Gasteiger charge is -2.08. The van der Waals surface area contributed by atoms with E-state index in [9.17, 15) is 22.8 Å². The molecule has 0 spiro atoms. The predicted molar refractivity (Wildman–Crippen MR) is 38.4 cm³/mol. The Labute approximate surface area is 77.0 Å². The summed E-state index contributed by atoms with van der Waals surface area (Å²) in [6.07, 6.45) is -3.95. The van der Waals surface area contributed by atoms with Crippen molar-refractivity contribution in [1.82, 2.24) is 0 Å². The van der Waals surface area contributed by atoms with Crippen molar-refractivity contribution in [1.29, 1.82) is 0 Å². The minimum Gasteiger partial charge on any atom is -0.297 e. The van der Waals surface area contributed by atoms with E-state index in [0.29, 0.717) is 12.8 Å². The first-order valence-corrected chi connectivity index (χ1v) is 4.06. The standard InChI is InChI=1S/C7H6ClF3O2/c8-4(5(12)3-1-2-3)6(13)7(9,10)11/h3-4H,1-2H2/t4-/m0/s1. The lowest BCUT2D eigenvalue weighted by Crippen LogP contribution is -2.36. The maximum Gasteiger partial charge on any atom is 0.452 e. The Kier molecular flexibility index (Phi) is 2.66. The molecule has 0 unspecified atom stereocenters. The van der Waals surface area contributed by atoms with Crippen LogP contribution in [0.4, 0.5) is 13.2 Å². The summed E-state index contributed by atoms with van der Waals surface area (Å²) in [5, 5.41) is -2.05. The molecule has 0 aromatic carbocycles. The van der Waals surface area contributed by atoms with Crippen LogP contribution in [0.2, 0.25) is 0 Å². The average molecular weight is 215 g/mol. The molecule has 6 heteroatoms. The highest BCUT2D eigenvalue weighted by Crippen LogP contribution is 2.33. The molecule has 0 radical (unpaired) electrons. The van der Waals surface area contributed by atoms with Crippen LogP contribution in [0.3, 0.4) is 0 Å². The molecule has 0 aliphatic heterocycles. The summed E-state index contributed by atoms with van der Waals surface area (Å²) in [4.78, 5) is 21.4. The van der Waals surface area contributed by atoms with Gasteiger partial charge in [-0.15, -0.1) is 11.6 Å². The van der Waals surface area contributed by atoms with Gasteiger partial charge in [0, 0.05) is 5.92 Å². The number of hydrogen-bond donors (Lipinski definition) is 0. The van der Waals surface area contributed by atoms with Crippen molar-refractivity contribution < 1.29 is 22.8 Å². The van der Waals surface area contributed by atoms with Crippen LogP contribution in [0.15, 0.2) is 0 Å². The second-order valence-corrected chi connectivity index (χ2v) is 3.34. The van der Waals surface area contributed by atoms with E-state index in [1.807, 2.05) is 0 Å².